The number of aliphatic hydroxyl groups excluding tert-OH is 1. The number of aliphatic hydroxyl groups is 1. The Morgan fingerprint density at radius 2 is 1.87 bits per heavy atom. The molecule has 0 aliphatic heterocycles. The van der Waals surface area contributed by atoms with Gasteiger partial charge in [0.15, 0.2) is 0 Å². The molecule has 0 saturated heterocycles. The van der Waals surface area contributed by atoms with Crippen LogP contribution in [0.15, 0.2) is 24.3 Å². The van der Waals surface area contributed by atoms with Crippen molar-refractivity contribution in [1.82, 2.24) is 5.32 Å². The van der Waals surface area contributed by atoms with Gasteiger partial charge in [-0.3, -0.25) is 0 Å². The number of hydrogen-bond acceptors (Lipinski definition) is 3. The summed E-state index contributed by atoms with van der Waals surface area (Å²) in [7, 11) is 0. The second-order valence-electron chi connectivity index (χ2n) is 3.80. The summed E-state index contributed by atoms with van der Waals surface area (Å²) in [5.74, 6) is 0.281. The molecule has 84 valence electrons. The second-order valence-corrected chi connectivity index (χ2v) is 3.80. The molecule has 0 aromatic heterocycles. The predicted octanol–water partition coefficient (Wildman–Crippen LogP) is 1.81. The fraction of sp³-hybridized carbons (Fsp3) is 0.500. The summed E-state index contributed by atoms with van der Waals surface area (Å²) in [4.78, 5) is 0. The van der Waals surface area contributed by atoms with Crippen molar-refractivity contribution in [3.8, 4) is 5.75 Å². The zero-order valence-corrected chi connectivity index (χ0v) is 9.27. The molecule has 1 rings (SSSR count). The highest BCUT2D eigenvalue weighted by Crippen LogP contribution is 2.19. The Bertz CT molecular complexity index is 284. The maximum atomic E-state index is 9.18. The zero-order chi connectivity index (χ0) is 11.3. The molecule has 1 unspecified atom stereocenters. The van der Waals surface area contributed by atoms with Crippen molar-refractivity contribution in [3.05, 3.63) is 29.8 Å². The fourth-order valence-corrected chi connectivity index (χ4v) is 1.55. The van der Waals surface area contributed by atoms with Gasteiger partial charge in [0.05, 0.1) is 6.61 Å². The third-order valence-corrected chi connectivity index (χ3v) is 2.46. The normalized spacial score (nSPS) is 14.9. The number of phenolic OH excluding ortho intramolecular Hbond substituents is 1. The van der Waals surface area contributed by atoms with E-state index in [0.29, 0.717) is 0 Å². The van der Waals surface area contributed by atoms with E-state index in [1.807, 2.05) is 19.1 Å². The lowest BCUT2D eigenvalue weighted by Crippen LogP contribution is -2.32. The lowest BCUT2D eigenvalue weighted by molar-refractivity contribution is 0.239. The van der Waals surface area contributed by atoms with E-state index in [0.717, 1.165) is 12.0 Å². The zero-order valence-electron chi connectivity index (χ0n) is 9.27. The van der Waals surface area contributed by atoms with E-state index < -0.39 is 0 Å². The summed E-state index contributed by atoms with van der Waals surface area (Å²) in [6.45, 7) is 4.17. The minimum absolute atomic E-state index is 0.0868. The molecule has 0 amide bonds. The van der Waals surface area contributed by atoms with Crippen LogP contribution in [-0.2, 0) is 0 Å². The third-order valence-electron chi connectivity index (χ3n) is 2.46. The van der Waals surface area contributed by atoms with Gasteiger partial charge in [-0.1, -0.05) is 19.1 Å². The van der Waals surface area contributed by atoms with Crippen LogP contribution in [0.25, 0.3) is 0 Å². The molecule has 0 radical (unpaired) electrons. The fourth-order valence-electron chi connectivity index (χ4n) is 1.55. The van der Waals surface area contributed by atoms with Crippen LogP contribution in [0.2, 0.25) is 0 Å². The van der Waals surface area contributed by atoms with Crippen LogP contribution in [0, 0.1) is 0 Å². The van der Waals surface area contributed by atoms with Crippen LogP contribution in [0.4, 0.5) is 0 Å². The van der Waals surface area contributed by atoms with Crippen LogP contribution in [0.3, 0.4) is 0 Å². The molecule has 1 aromatic rings. The van der Waals surface area contributed by atoms with Crippen LogP contribution < -0.4 is 5.32 Å². The Morgan fingerprint density at radius 1 is 1.27 bits per heavy atom. The number of nitrogens with one attached hydrogen (secondary N) is 1. The van der Waals surface area contributed by atoms with Gasteiger partial charge in [0.2, 0.25) is 0 Å². The van der Waals surface area contributed by atoms with E-state index >= 15 is 0 Å². The highest BCUT2D eigenvalue weighted by Gasteiger charge is 2.11. The molecule has 0 fully saturated rings. The minimum Gasteiger partial charge on any atom is -0.508 e. The number of aromatic hydroxyl groups is 1. The predicted molar refractivity (Wildman–Crippen MR) is 60.8 cm³/mol. The van der Waals surface area contributed by atoms with Gasteiger partial charge < -0.3 is 15.5 Å². The third kappa shape index (κ3) is 3.53. The number of hydrogen-bond donors (Lipinski definition) is 3. The smallest absolute Gasteiger partial charge is 0.115 e. The Kier molecular flexibility index (Phi) is 4.59. The molecule has 0 saturated carbocycles. The van der Waals surface area contributed by atoms with E-state index in [9.17, 15) is 5.11 Å². The quantitative estimate of drug-likeness (QED) is 0.693. The van der Waals surface area contributed by atoms with Crippen molar-refractivity contribution in [3.63, 3.8) is 0 Å². The molecule has 0 bridgehead atoms. The van der Waals surface area contributed by atoms with Gasteiger partial charge in [-0.25, -0.2) is 0 Å². The van der Waals surface area contributed by atoms with E-state index in [-0.39, 0.29) is 24.4 Å². The first kappa shape index (κ1) is 12.0. The van der Waals surface area contributed by atoms with Gasteiger partial charge in [0, 0.05) is 12.1 Å². The molecule has 3 heteroatoms. The standard InChI is InChI=1S/C12H19NO2/c1-3-12(13-9(2)8-14)10-4-6-11(15)7-5-10/h4-7,9,12-15H,3,8H2,1-2H3/t9-,12?/m1/s1. The summed E-state index contributed by atoms with van der Waals surface area (Å²) >= 11 is 0. The Labute approximate surface area is 90.8 Å². The van der Waals surface area contributed by atoms with Crippen molar-refractivity contribution in [2.45, 2.75) is 32.4 Å². The molecule has 15 heavy (non-hydrogen) atoms. The average Bonchev–Trinajstić information content (AvgIpc) is 2.27. The first-order chi connectivity index (χ1) is 7.17. The average molecular weight is 209 g/mol. The summed E-state index contributed by atoms with van der Waals surface area (Å²) in [5, 5.41) is 21.5. The molecule has 3 nitrogen and oxygen atoms in total. The molecule has 1 aromatic carbocycles. The summed E-state index contributed by atoms with van der Waals surface area (Å²) < 4.78 is 0. The summed E-state index contributed by atoms with van der Waals surface area (Å²) in [5.41, 5.74) is 1.13. The molecular weight excluding hydrogens is 190 g/mol. The van der Waals surface area contributed by atoms with Crippen molar-refractivity contribution in [2.75, 3.05) is 6.61 Å². The second kappa shape index (κ2) is 5.73. The van der Waals surface area contributed by atoms with Gasteiger partial charge >= 0.3 is 0 Å². The van der Waals surface area contributed by atoms with E-state index in [1.54, 1.807) is 12.1 Å². The first-order valence-electron chi connectivity index (χ1n) is 5.33. The van der Waals surface area contributed by atoms with E-state index in [4.69, 9.17) is 5.11 Å². The molecule has 0 heterocycles. The lowest BCUT2D eigenvalue weighted by atomic mass is 10.0. The number of benzene rings is 1. The van der Waals surface area contributed by atoms with Crippen LogP contribution in [-0.4, -0.2) is 22.9 Å². The van der Waals surface area contributed by atoms with Gasteiger partial charge in [0.25, 0.3) is 0 Å². The SMILES string of the molecule is CCC(N[C@H](C)CO)c1ccc(O)cc1. The summed E-state index contributed by atoms with van der Waals surface area (Å²) in [6.07, 6.45) is 0.953. The van der Waals surface area contributed by atoms with Crippen molar-refractivity contribution in [2.24, 2.45) is 0 Å². The highest BCUT2D eigenvalue weighted by atomic mass is 16.3. The topological polar surface area (TPSA) is 52.5 Å². The van der Waals surface area contributed by atoms with Gasteiger partial charge in [-0.2, -0.15) is 0 Å². The molecule has 0 spiro atoms. The Morgan fingerprint density at radius 3 is 2.33 bits per heavy atom. The summed E-state index contributed by atoms with van der Waals surface area (Å²) in [6, 6.07) is 7.49. The van der Waals surface area contributed by atoms with Crippen molar-refractivity contribution >= 4 is 0 Å². The van der Waals surface area contributed by atoms with Gasteiger partial charge in [-0.15, -0.1) is 0 Å². The Hall–Kier alpha value is -1.06. The molecule has 3 N–H and O–H groups in total. The number of phenols is 1. The number of rotatable bonds is 5. The molecular formula is C12H19NO2. The molecule has 0 aliphatic rings. The van der Waals surface area contributed by atoms with Gasteiger partial charge in [0.1, 0.15) is 5.75 Å². The van der Waals surface area contributed by atoms with Crippen LogP contribution in [0.1, 0.15) is 31.9 Å². The monoisotopic (exact) mass is 209 g/mol. The van der Waals surface area contributed by atoms with Crippen LogP contribution in [0.5, 0.6) is 5.75 Å². The first-order valence-corrected chi connectivity index (χ1v) is 5.33. The van der Waals surface area contributed by atoms with Crippen molar-refractivity contribution < 1.29 is 10.2 Å². The largest absolute Gasteiger partial charge is 0.508 e. The Balaban J connectivity index is 2.69. The maximum Gasteiger partial charge on any atom is 0.115 e. The minimum atomic E-state index is 0.0868. The maximum absolute atomic E-state index is 9.18. The highest BCUT2D eigenvalue weighted by molar-refractivity contribution is 5.28. The van der Waals surface area contributed by atoms with Crippen molar-refractivity contribution in [1.29, 1.82) is 0 Å². The van der Waals surface area contributed by atoms with Gasteiger partial charge in [-0.05, 0) is 31.0 Å². The van der Waals surface area contributed by atoms with E-state index in [1.165, 1.54) is 0 Å². The molecule has 2 atom stereocenters. The lowest BCUT2D eigenvalue weighted by Gasteiger charge is -2.21. The molecule has 0 aliphatic carbocycles. The van der Waals surface area contributed by atoms with Crippen LogP contribution >= 0.6 is 0 Å². The van der Waals surface area contributed by atoms with E-state index in [2.05, 4.69) is 12.2 Å².